The summed E-state index contributed by atoms with van der Waals surface area (Å²) in [7, 11) is 0. The summed E-state index contributed by atoms with van der Waals surface area (Å²) >= 11 is 11.6. The van der Waals surface area contributed by atoms with Gasteiger partial charge in [0.2, 0.25) is 11.2 Å². The molecule has 0 atom stereocenters. The lowest BCUT2D eigenvalue weighted by Crippen LogP contribution is -1.93. The molecule has 0 aliphatic heterocycles. The van der Waals surface area contributed by atoms with Gasteiger partial charge in [-0.05, 0) is 36.2 Å². The fourth-order valence-corrected chi connectivity index (χ4v) is 1.54. The van der Waals surface area contributed by atoms with Crippen molar-refractivity contribution in [2.75, 3.05) is 0 Å². The van der Waals surface area contributed by atoms with Gasteiger partial charge in [0.05, 0.1) is 17.8 Å². The molecule has 0 saturated heterocycles. The van der Waals surface area contributed by atoms with Crippen molar-refractivity contribution in [2.24, 2.45) is 0 Å². The summed E-state index contributed by atoms with van der Waals surface area (Å²) < 4.78 is 5.54. The second-order valence-corrected chi connectivity index (χ2v) is 4.23. The van der Waals surface area contributed by atoms with E-state index in [0.29, 0.717) is 11.3 Å². The Labute approximate surface area is 114 Å². The summed E-state index contributed by atoms with van der Waals surface area (Å²) in [5.74, 6) is 0.667. The van der Waals surface area contributed by atoms with Gasteiger partial charge in [-0.1, -0.05) is 17.7 Å². The first kappa shape index (κ1) is 12.6. The van der Waals surface area contributed by atoms with Crippen LogP contribution in [0, 0.1) is 18.3 Å². The molecular formula is C12H7Cl2N3O. The third-order valence-corrected chi connectivity index (χ3v) is 2.65. The van der Waals surface area contributed by atoms with Crippen LogP contribution in [0.25, 0.3) is 0 Å². The minimum atomic E-state index is 0.0449. The monoisotopic (exact) mass is 279 g/mol. The first-order chi connectivity index (χ1) is 8.60. The molecule has 2 rings (SSSR count). The Hall–Kier alpha value is -1.83. The predicted molar refractivity (Wildman–Crippen MR) is 68.0 cm³/mol. The van der Waals surface area contributed by atoms with E-state index in [1.807, 2.05) is 13.0 Å². The fraction of sp³-hybridized carbons (Fsp3) is 0.0833. The van der Waals surface area contributed by atoms with Gasteiger partial charge in [0.15, 0.2) is 0 Å². The summed E-state index contributed by atoms with van der Waals surface area (Å²) in [5, 5.41) is 9.14. The van der Waals surface area contributed by atoms with E-state index in [1.165, 1.54) is 6.20 Å². The minimum Gasteiger partial charge on any atom is -0.437 e. The molecule has 0 unspecified atom stereocenters. The number of hydrogen-bond donors (Lipinski definition) is 0. The zero-order valence-electron chi connectivity index (χ0n) is 9.32. The number of aromatic nitrogens is 2. The molecule has 0 aliphatic rings. The molecule has 1 heterocycles. The highest BCUT2D eigenvalue weighted by atomic mass is 35.5. The minimum absolute atomic E-state index is 0.0449. The van der Waals surface area contributed by atoms with Gasteiger partial charge in [0, 0.05) is 0 Å². The SMILES string of the molecule is Cc1ccc(C#N)cc1Oc1nc(Cl)ncc1Cl. The summed E-state index contributed by atoms with van der Waals surface area (Å²) in [5.41, 5.74) is 1.35. The lowest BCUT2D eigenvalue weighted by molar-refractivity contribution is 0.458. The highest BCUT2D eigenvalue weighted by Crippen LogP contribution is 2.30. The fourth-order valence-electron chi connectivity index (χ4n) is 1.29. The van der Waals surface area contributed by atoms with Crippen molar-refractivity contribution >= 4 is 23.2 Å². The maximum atomic E-state index is 8.84. The van der Waals surface area contributed by atoms with Crippen LogP contribution in [0.15, 0.2) is 24.4 Å². The zero-order valence-corrected chi connectivity index (χ0v) is 10.8. The number of ether oxygens (including phenoxy) is 1. The van der Waals surface area contributed by atoms with Gasteiger partial charge in [0.25, 0.3) is 0 Å². The molecule has 0 fully saturated rings. The Kier molecular flexibility index (Phi) is 3.66. The van der Waals surface area contributed by atoms with Crippen molar-refractivity contribution in [1.82, 2.24) is 9.97 Å². The van der Waals surface area contributed by atoms with Gasteiger partial charge < -0.3 is 4.74 Å². The average Bonchev–Trinajstić information content (AvgIpc) is 2.36. The Morgan fingerprint density at radius 2 is 2.11 bits per heavy atom. The molecule has 0 bridgehead atoms. The normalized spacial score (nSPS) is 9.89. The molecule has 6 heteroatoms. The number of benzene rings is 1. The van der Waals surface area contributed by atoms with Crippen molar-refractivity contribution in [3.05, 3.63) is 45.8 Å². The number of aryl methyl sites for hydroxylation is 1. The van der Waals surface area contributed by atoms with Crippen LogP contribution in [0.2, 0.25) is 10.3 Å². The van der Waals surface area contributed by atoms with Crippen LogP contribution in [-0.2, 0) is 0 Å². The molecule has 0 saturated carbocycles. The average molecular weight is 280 g/mol. The summed E-state index contributed by atoms with van der Waals surface area (Å²) in [6.45, 7) is 1.85. The van der Waals surface area contributed by atoms with E-state index in [4.69, 9.17) is 33.2 Å². The van der Waals surface area contributed by atoms with E-state index in [9.17, 15) is 0 Å². The molecule has 0 aliphatic carbocycles. The first-order valence-corrected chi connectivity index (χ1v) is 5.72. The summed E-state index contributed by atoms with van der Waals surface area (Å²) in [6, 6.07) is 7.13. The quantitative estimate of drug-likeness (QED) is 0.786. The molecule has 18 heavy (non-hydrogen) atoms. The number of halogens is 2. The van der Waals surface area contributed by atoms with Gasteiger partial charge >= 0.3 is 0 Å². The van der Waals surface area contributed by atoms with Crippen molar-refractivity contribution in [1.29, 1.82) is 5.26 Å². The molecular weight excluding hydrogens is 273 g/mol. The number of hydrogen-bond acceptors (Lipinski definition) is 4. The summed E-state index contributed by atoms with van der Waals surface area (Å²) in [6.07, 6.45) is 1.36. The van der Waals surface area contributed by atoms with Crippen molar-refractivity contribution in [2.45, 2.75) is 6.92 Å². The smallest absolute Gasteiger partial charge is 0.242 e. The molecule has 0 amide bonds. The Morgan fingerprint density at radius 1 is 1.33 bits per heavy atom. The highest BCUT2D eigenvalue weighted by molar-refractivity contribution is 6.32. The largest absolute Gasteiger partial charge is 0.437 e. The van der Waals surface area contributed by atoms with Crippen LogP contribution in [0.5, 0.6) is 11.6 Å². The van der Waals surface area contributed by atoms with Crippen molar-refractivity contribution in [3.63, 3.8) is 0 Å². The van der Waals surface area contributed by atoms with Gasteiger partial charge in [-0.2, -0.15) is 10.2 Å². The van der Waals surface area contributed by atoms with E-state index >= 15 is 0 Å². The maximum Gasteiger partial charge on any atom is 0.242 e. The lowest BCUT2D eigenvalue weighted by Gasteiger charge is -2.09. The van der Waals surface area contributed by atoms with Crippen LogP contribution < -0.4 is 4.74 Å². The Balaban J connectivity index is 2.39. The van der Waals surface area contributed by atoms with Crippen LogP contribution >= 0.6 is 23.2 Å². The van der Waals surface area contributed by atoms with E-state index in [0.717, 1.165) is 5.56 Å². The van der Waals surface area contributed by atoms with E-state index in [2.05, 4.69) is 9.97 Å². The standard InChI is InChI=1S/C12H7Cl2N3O/c1-7-2-3-8(5-15)4-10(7)18-11-9(13)6-16-12(14)17-11/h2-4,6H,1H3. The lowest BCUT2D eigenvalue weighted by atomic mass is 10.1. The third kappa shape index (κ3) is 2.70. The zero-order chi connectivity index (χ0) is 13.1. The molecule has 1 aromatic carbocycles. The Morgan fingerprint density at radius 3 is 2.83 bits per heavy atom. The van der Waals surface area contributed by atoms with Crippen LogP contribution in [0.4, 0.5) is 0 Å². The van der Waals surface area contributed by atoms with E-state index in [1.54, 1.807) is 18.2 Å². The highest BCUT2D eigenvalue weighted by Gasteiger charge is 2.09. The van der Waals surface area contributed by atoms with E-state index in [-0.39, 0.29) is 16.2 Å². The third-order valence-electron chi connectivity index (χ3n) is 2.21. The van der Waals surface area contributed by atoms with Gasteiger partial charge in [-0.15, -0.1) is 0 Å². The molecule has 2 aromatic rings. The maximum absolute atomic E-state index is 8.84. The van der Waals surface area contributed by atoms with Gasteiger partial charge in [0.1, 0.15) is 10.8 Å². The number of nitrogens with zero attached hydrogens (tertiary/aromatic N) is 3. The first-order valence-electron chi connectivity index (χ1n) is 4.97. The number of nitriles is 1. The molecule has 0 spiro atoms. The topological polar surface area (TPSA) is 58.8 Å². The summed E-state index contributed by atoms with van der Waals surface area (Å²) in [4.78, 5) is 7.61. The molecule has 1 aromatic heterocycles. The van der Waals surface area contributed by atoms with Gasteiger partial charge in [-0.25, -0.2) is 4.98 Å². The Bertz CT molecular complexity index is 638. The molecule has 0 N–H and O–H groups in total. The van der Waals surface area contributed by atoms with Crippen molar-refractivity contribution in [3.8, 4) is 17.7 Å². The van der Waals surface area contributed by atoms with Crippen LogP contribution in [0.3, 0.4) is 0 Å². The molecule has 90 valence electrons. The van der Waals surface area contributed by atoms with E-state index < -0.39 is 0 Å². The second kappa shape index (κ2) is 5.21. The van der Waals surface area contributed by atoms with Crippen LogP contribution in [0.1, 0.15) is 11.1 Å². The van der Waals surface area contributed by atoms with Crippen LogP contribution in [-0.4, -0.2) is 9.97 Å². The molecule has 0 radical (unpaired) electrons. The second-order valence-electron chi connectivity index (χ2n) is 3.49. The van der Waals surface area contributed by atoms with Gasteiger partial charge in [-0.3, -0.25) is 0 Å². The van der Waals surface area contributed by atoms with Crippen molar-refractivity contribution < 1.29 is 4.74 Å². The predicted octanol–water partition coefficient (Wildman–Crippen LogP) is 3.76. The molecule has 4 nitrogen and oxygen atoms in total. The number of rotatable bonds is 2.